The van der Waals surface area contributed by atoms with E-state index in [1.165, 1.54) is 29.4 Å². The fourth-order valence-corrected chi connectivity index (χ4v) is 10.1. The van der Waals surface area contributed by atoms with Crippen LogP contribution in [0.4, 0.5) is 11.6 Å². The quantitative estimate of drug-likeness (QED) is 0.0369. The fraction of sp³-hybridized carbons (Fsp3) is 0.478. The summed E-state index contributed by atoms with van der Waals surface area (Å²) in [6, 6.07) is 12.1. The number of hydrogen-bond donors (Lipinski definition) is 4. The van der Waals surface area contributed by atoms with Crippen LogP contribution in [0.3, 0.4) is 0 Å². The molecule has 6 N–H and O–H groups in total. The number of aromatic nitrogens is 2. The number of hydrogen-bond acceptors (Lipinski definition) is 10. The van der Waals surface area contributed by atoms with E-state index >= 15 is 0 Å². The van der Waals surface area contributed by atoms with Gasteiger partial charge in [-0.25, -0.2) is 0 Å². The Morgan fingerprint density at radius 2 is 1.85 bits per heavy atom. The molecule has 322 valence electrons. The van der Waals surface area contributed by atoms with Gasteiger partial charge in [-0.1, -0.05) is 12.1 Å². The average molecular weight is 932 g/mol. The summed E-state index contributed by atoms with van der Waals surface area (Å²) in [5.41, 5.74) is 12.9. The van der Waals surface area contributed by atoms with E-state index in [-0.39, 0.29) is 74.2 Å². The summed E-state index contributed by atoms with van der Waals surface area (Å²) >= 11 is -0.0136. The monoisotopic (exact) mass is 931 g/mol. The second-order valence-electron chi connectivity index (χ2n) is 16.9. The van der Waals surface area contributed by atoms with Crippen LogP contribution in [-0.2, 0) is 22.6 Å². The van der Waals surface area contributed by atoms with Crippen LogP contribution >= 0.6 is 0 Å². The van der Waals surface area contributed by atoms with Gasteiger partial charge in [-0.2, -0.15) is 0 Å². The standard InChI is InChI=1S/C46H61IN9O4/c1-30(55-24-12-15-34(27-55)52-43-40(42(49)50-29-51-43)41(48)32-17-19-35(57)20-18-32)33(26-47-4)25-46(2,3)53(5)23-10-8-7-9-13-31-14-11-16-36-37(31)28-56(44(36)59)38-21-22-39(58)54(6)45(38)60/h11,14,16-20,25,29,34,38,48,57H,1,7-10,12-13,15,21-24,26-28H2,2-6H3,(H3,49,50,51,52)/q-1/p+1. The Bertz CT molecular complexity index is 2120. The number of imide groups is 1. The number of nitrogen functional groups attached to an aromatic ring is 1. The molecule has 2 aromatic carbocycles. The molecule has 2 unspecified atom stereocenters. The Labute approximate surface area is 365 Å². The van der Waals surface area contributed by atoms with Crippen LogP contribution < -0.4 is 32.3 Å². The molecule has 1 aromatic heterocycles. The van der Waals surface area contributed by atoms with Crippen molar-refractivity contribution in [3.63, 3.8) is 0 Å². The van der Waals surface area contributed by atoms with E-state index in [9.17, 15) is 19.5 Å². The van der Waals surface area contributed by atoms with Crippen LogP contribution in [-0.4, -0.2) is 119 Å². The molecule has 14 heteroatoms. The summed E-state index contributed by atoms with van der Waals surface area (Å²) in [5, 5.41) is 20.8. The predicted molar refractivity (Wildman–Crippen MR) is 231 cm³/mol. The van der Waals surface area contributed by atoms with Crippen molar-refractivity contribution in [1.29, 1.82) is 5.41 Å². The SMILES string of the molecule is C=C(C(=CC(C)(C)N(C)CCCCCCc1cccc2c1CN(C1CCC(=O)N(C)C1=O)C2=O)C[I-]C)N1CCCC([NH2+]c2ncnc(N)c2C(=N)c2ccc(O)cc2)C1. The normalized spacial score (nSPS) is 18.8. The molecule has 0 radical (unpaired) electrons. The number of fused-ring (bicyclic) bond motifs is 1. The molecule has 60 heavy (non-hydrogen) atoms. The Morgan fingerprint density at radius 1 is 1.10 bits per heavy atom. The number of amides is 3. The number of carbonyl (C=O) groups excluding carboxylic acids is 3. The van der Waals surface area contributed by atoms with Crippen molar-refractivity contribution in [2.45, 2.75) is 95.8 Å². The molecule has 6 rings (SSSR count). The van der Waals surface area contributed by atoms with Crippen molar-refractivity contribution >= 4 is 35.1 Å². The number of phenolic OH excluding ortho intramolecular Hbond substituents is 1. The van der Waals surface area contributed by atoms with Crippen molar-refractivity contribution in [3.8, 4) is 5.75 Å². The number of carbonyl (C=O) groups is 3. The molecule has 3 amide bonds. The first-order chi connectivity index (χ1) is 28.7. The molecule has 4 heterocycles. The first-order valence-corrected chi connectivity index (χ1v) is 24.7. The molecule has 3 aliphatic rings. The van der Waals surface area contributed by atoms with Crippen LogP contribution in [0.25, 0.3) is 0 Å². The molecule has 13 nitrogen and oxygen atoms in total. The van der Waals surface area contributed by atoms with Gasteiger partial charge in [0.25, 0.3) is 11.8 Å². The van der Waals surface area contributed by atoms with Crippen molar-refractivity contribution < 1.29 is 46.0 Å². The summed E-state index contributed by atoms with van der Waals surface area (Å²) in [5.74, 6) is 0.480. The molecule has 3 aliphatic heterocycles. The number of nitrogens with two attached hydrogens (primary N) is 2. The number of nitrogens with one attached hydrogen (secondary N) is 1. The Morgan fingerprint density at radius 3 is 2.60 bits per heavy atom. The first kappa shape index (κ1) is 44.9. The number of likely N-dealkylation sites (tertiary alicyclic amines) is 2. The first-order valence-electron chi connectivity index (χ1n) is 21.1. The van der Waals surface area contributed by atoms with Gasteiger partial charge in [0.1, 0.15) is 11.8 Å². The van der Waals surface area contributed by atoms with E-state index < -0.39 is 6.04 Å². The third-order valence-corrected chi connectivity index (χ3v) is 14.1. The van der Waals surface area contributed by atoms with Crippen molar-refractivity contribution in [2.24, 2.45) is 0 Å². The van der Waals surface area contributed by atoms with Gasteiger partial charge in [-0.15, -0.1) is 0 Å². The maximum absolute atomic E-state index is 13.4. The summed E-state index contributed by atoms with van der Waals surface area (Å²) < 4.78 is 1.05. The van der Waals surface area contributed by atoms with E-state index in [2.05, 4.69) is 69.6 Å². The molecular formula is C46H62IN9O4. The second kappa shape index (κ2) is 19.8. The van der Waals surface area contributed by atoms with Gasteiger partial charge in [0.2, 0.25) is 5.91 Å². The zero-order chi connectivity index (χ0) is 43.1. The number of allylic oxidation sites excluding steroid dienone is 1. The Hall–Kier alpha value is -4.67. The van der Waals surface area contributed by atoms with E-state index in [4.69, 9.17) is 11.1 Å². The van der Waals surface area contributed by atoms with Crippen molar-refractivity contribution in [3.05, 3.63) is 101 Å². The van der Waals surface area contributed by atoms with Crippen LogP contribution in [0.15, 0.2) is 72.7 Å². The maximum atomic E-state index is 13.4. The number of halogens is 1. The zero-order valence-electron chi connectivity index (χ0n) is 35.8. The number of likely N-dealkylation sites (N-methyl/N-ethyl adjacent to an activating group) is 2. The molecule has 2 atom stereocenters. The summed E-state index contributed by atoms with van der Waals surface area (Å²) in [6.07, 6.45) is 11.8. The van der Waals surface area contributed by atoms with Gasteiger partial charge in [-0.3, -0.25) is 19.3 Å². The molecule has 0 spiro atoms. The van der Waals surface area contributed by atoms with E-state index in [0.29, 0.717) is 35.5 Å². The van der Waals surface area contributed by atoms with Crippen molar-refractivity contribution in [1.82, 2.24) is 29.6 Å². The van der Waals surface area contributed by atoms with Crippen LogP contribution in [0.1, 0.15) is 97.8 Å². The molecule has 3 aromatic rings. The summed E-state index contributed by atoms with van der Waals surface area (Å²) in [7, 11) is 3.72. The number of anilines is 1. The summed E-state index contributed by atoms with van der Waals surface area (Å²) in [4.78, 5) is 57.1. The third-order valence-electron chi connectivity index (χ3n) is 12.5. The molecule has 2 fully saturated rings. The molecule has 0 saturated carbocycles. The Kier molecular flexibility index (Phi) is 14.8. The van der Waals surface area contributed by atoms with E-state index in [1.54, 1.807) is 29.2 Å². The minimum absolute atomic E-state index is 0.0136. The predicted octanol–water partition coefficient (Wildman–Crippen LogP) is 1.62. The second-order valence-corrected chi connectivity index (χ2v) is 19.2. The number of phenols is 1. The average Bonchev–Trinajstić information content (AvgIpc) is 3.57. The number of quaternary nitrogens is 1. The van der Waals surface area contributed by atoms with Gasteiger partial charge in [0.05, 0.1) is 0 Å². The number of rotatable bonds is 18. The number of unbranched alkanes of at least 4 members (excludes halogenated alkanes) is 3. The van der Waals surface area contributed by atoms with E-state index in [1.807, 2.05) is 12.1 Å². The number of nitrogens with zero attached hydrogens (tertiary/aromatic N) is 6. The van der Waals surface area contributed by atoms with Gasteiger partial charge in [0, 0.05) is 25.6 Å². The molecular weight excluding hydrogens is 869 g/mol. The van der Waals surface area contributed by atoms with Gasteiger partial charge >= 0.3 is 240 Å². The number of piperidine rings is 2. The van der Waals surface area contributed by atoms with Crippen LogP contribution in [0.5, 0.6) is 5.75 Å². The fourth-order valence-electron chi connectivity index (χ4n) is 8.66. The van der Waals surface area contributed by atoms with Crippen LogP contribution in [0.2, 0.25) is 0 Å². The number of aryl methyl sites for hydroxylation is 1. The minimum atomic E-state index is -0.581. The van der Waals surface area contributed by atoms with Gasteiger partial charge in [0.15, 0.2) is 0 Å². The van der Waals surface area contributed by atoms with Crippen molar-refractivity contribution in [2.75, 3.05) is 48.8 Å². The number of benzene rings is 2. The zero-order valence-corrected chi connectivity index (χ0v) is 38.0. The molecule has 0 aliphatic carbocycles. The summed E-state index contributed by atoms with van der Waals surface area (Å²) in [6.45, 7) is 12.4. The number of alkyl halides is 2. The molecule has 2 saturated heterocycles. The van der Waals surface area contributed by atoms with E-state index in [0.717, 1.165) is 80.3 Å². The topological polar surface area (TPSA) is 177 Å². The number of aromatic hydroxyl groups is 1. The van der Waals surface area contributed by atoms with Gasteiger partial charge < -0.3 is 10.0 Å². The Balaban J connectivity index is 0.999. The molecule has 0 bridgehead atoms. The van der Waals surface area contributed by atoms with Crippen LogP contribution in [0, 0.1) is 5.41 Å². The van der Waals surface area contributed by atoms with Gasteiger partial charge in [-0.05, 0) is 30.2 Å². The third kappa shape index (κ3) is 10.3.